The number of hydrogen-bond donors (Lipinski definition) is 2. The van der Waals surface area contributed by atoms with Gasteiger partial charge in [0, 0.05) is 24.8 Å². The maximum Gasteiger partial charge on any atom is 0.238 e. The molecule has 5 nitrogen and oxygen atoms in total. The third-order valence-electron chi connectivity index (χ3n) is 3.57. The van der Waals surface area contributed by atoms with Crippen molar-refractivity contribution < 1.29 is 8.42 Å². The lowest BCUT2D eigenvalue weighted by Crippen LogP contribution is -2.38. The van der Waals surface area contributed by atoms with E-state index in [1.807, 2.05) is 6.07 Å². The predicted molar refractivity (Wildman–Crippen MR) is 76.6 cm³/mol. The Bertz CT molecular complexity index is 522. The van der Waals surface area contributed by atoms with E-state index in [-0.39, 0.29) is 4.90 Å². The van der Waals surface area contributed by atoms with Gasteiger partial charge in [0.1, 0.15) is 0 Å². The molecule has 0 aliphatic carbocycles. The molecule has 0 atom stereocenters. The molecule has 1 saturated heterocycles. The van der Waals surface area contributed by atoms with Gasteiger partial charge in [-0.3, -0.25) is 0 Å². The van der Waals surface area contributed by atoms with Crippen molar-refractivity contribution in [2.45, 2.75) is 30.7 Å². The molecule has 1 aliphatic rings. The summed E-state index contributed by atoms with van der Waals surface area (Å²) in [4.78, 5) is 2.57. The van der Waals surface area contributed by atoms with Crippen molar-refractivity contribution in [3.63, 3.8) is 0 Å². The minimum absolute atomic E-state index is 0.156. The lowest BCUT2D eigenvalue weighted by Gasteiger charge is -2.32. The van der Waals surface area contributed by atoms with Gasteiger partial charge in [0.15, 0.2) is 0 Å². The summed E-state index contributed by atoms with van der Waals surface area (Å²) in [5.74, 6) is 0. The highest BCUT2D eigenvalue weighted by molar-refractivity contribution is 7.89. The van der Waals surface area contributed by atoms with E-state index in [4.69, 9.17) is 5.14 Å². The van der Waals surface area contributed by atoms with Gasteiger partial charge >= 0.3 is 0 Å². The second kappa shape index (κ2) is 5.90. The monoisotopic (exact) mass is 283 g/mol. The Labute approximate surface area is 114 Å². The predicted octanol–water partition coefficient (Wildman–Crippen LogP) is 1.23. The van der Waals surface area contributed by atoms with Gasteiger partial charge in [-0.2, -0.15) is 0 Å². The summed E-state index contributed by atoms with van der Waals surface area (Å²) in [6.07, 6.45) is 2.15. The molecule has 19 heavy (non-hydrogen) atoms. The zero-order valence-electron chi connectivity index (χ0n) is 11.2. The van der Waals surface area contributed by atoms with Gasteiger partial charge in [-0.1, -0.05) is 13.0 Å². The summed E-state index contributed by atoms with van der Waals surface area (Å²) in [7, 11) is -3.63. The molecule has 3 N–H and O–H groups in total. The highest BCUT2D eigenvalue weighted by atomic mass is 32.2. The van der Waals surface area contributed by atoms with Crippen LogP contribution >= 0.6 is 0 Å². The summed E-state index contributed by atoms with van der Waals surface area (Å²) >= 11 is 0. The van der Waals surface area contributed by atoms with E-state index in [1.54, 1.807) is 12.1 Å². The standard InChI is InChI=1S/C13H21N3O2S/c1-2-16-8-6-11(7-9-16)15-12-4-3-5-13(10-12)19(14,17)18/h3-5,10-11,15H,2,6-9H2,1H3,(H2,14,17,18). The second-order valence-electron chi connectivity index (χ2n) is 4.93. The number of hydrogen-bond acceptors (Lipinski definition) is 4. The molecule has 1 aromatic rings. The normalized spacial score (nSPS) is 18.4. The van der Waals surface area contributed by atoms with E-state index < -0.39 is 10.0 Å². The number of rotatable bonds is 4. The molecule has 1 fully saturated rings. The number of sulfonamides is 1. The van der Waals surface area contributed by atoms with Crippen molar-refractivity contribution in [2.75, 3.05) is 25.0 Å². The zero-order valence-corrected chi connectivity index (χ0v) is 12.0. The molecule has 1 heterocycles. The molecule has 2 rings (SSSR count). The first-order chi connectivity index (χ1) is 8.99. The Kier molecular flexibility index (Phi) is 4.44. The molecule has 0 aromatic heterocycles. The fraction of sp³-hybridized carbons (Fsp3) is 0.538. The number of primary sulfonamides is 1. The molecule has 0 saturated carbocycles. The third-order valence-corrected chi connectivity index (χ3v) is 4.48. The summed E-state index contributed by atoms with van der Waals surface area (Å²) in [5, 5.41) is 8.52. The Hall–Kier alpha value is -1.11. The van der Waals surface area contributed by atoms with Crippen LogP contribution in [0.4, 0.5) is 5.69 Å². The molecule has 1 aromatic carbocycles. The Morgan fingerprint density at radius 3 is 2.63 bits per heavy atom. The van der Waals surface area contributed by atoms with Crippen molar-refractivity contribution in [3.05, 3.63) is 24.3 Å². The number of likely N-dealkylation sites (tertiary alicyclic amines) is 1. The topological polar surface area (TPSA) is 75.4 Å². The largest absolute Gasteiger partial charge is 0.382 e. The van der Waals surface area contributed by atoms with Gasteiger partial charge in [-0.25, -0.2) is 13.6 Å². The first kappa shape index (κ1) is 14.3. The lowest BCUT2D eigenvalue weighted by atomic mass is 10.0. The molecule has 0 radical (unpaired) electrons. The molecule has 1 aliphatic heterocycles. The van der Waals surface area contributed by atoms with Crippen LogP contribution in [0.1, 0.15) is 19.8 Å². The van der Waals surface area contributed by atoms with Crippen LogP contribution in [0.15, 0.2) is 29.2 Å². The minimum Gasteiger partial charge on any atom is -0.382 e. The van der Waals surface area contributed by atoms with Crippen LogP contribution in [0.25, 0.3) is 0 Å². The number of nitrogens with two attached hydrogens (primary N) is 1. The maximum atomic E-state index is 11.3. The van der Waals surface area contributed by atoms with Crippen LogP contribution < -0.4 is 10.5 Å². The highest BCUT2D eigenvalue weighted by Crippen LogP contribution is 2.19. The van der Waals surface area contributed by atoms with Crippen molar-refractivity contribution in [2.24, 2.45) is 5.14 Å². The van der Waals surface area contributed by atoms with Crippen molar-refractivity contribution in [3.8, 4) is 0 Å². The van der Waals surface area contributed by atoms with E-state index in [1.165, 1.54) is 6.07 Å². The second-order valence-corrected chi connectivity index (χ2v) is 6.49. The van der Waals surface area contributed by atoms with Gasteiger partial charge in [0.2, 0.25) is 10.0 Å². The average molecular weight is 283 g/mol. The van der Waals surface area contributed by atoms with Gasteiger partial charge < -0.3 is 10.2 Å². The zero-order chi connectivity index (χ0) is 13.9. The Morgan fingerprint density at radius 1 is 1.37 bits per heavy atom. The van der Waals surface area contributed by atoms with Crippen molar-refractivity contribution >= 4 is 15.7 Å². The van der Waals surface area contributed by atoms with E-state index in [0.29, 0.717) is 6.04 Å². The molecule has 106 valence electrons. The van der Waals surface area contributed by atoms with Crippen LogP contribution in [0.2, 0.25) is 0 Å². The molecule has 0 amide bonds. The molecule has 6 heteroatoms. The number of piperidine rings is 1. The average Bonchev–Trinajstić information content (AvgIpc) is 2.39. The number of anilines is 1. The lowest BCUT2D eigenvalue weighted by molar-refractivity contribution is 0.229. The number of benzene rings is 1. The fourth-order valence-corrected chi connectivity index (χ4v) is 2.95. The van der Waals surface area contributed by atoms with E-state index in [9.17, 15) is 8.42 Å². The molecular formula is C13H21N3O2S. The van der Waals surface area contributed by atoms with E-state index >= 15 is 0 Å². The SMILES string of the molecule is CCN1CCC(Nc2cccc(S(N)(=O)=O)c2)CC1. The minimum atomic E-state index is -3.63. The summed E-state index contributed by atoms with van der Waals surface area (Å²) in [6, 6.07) is 7.10. The Balaban J connectivity index is 2.00. The van der Waals surface area contributed by atoms with E-state index in [2.05, 4.69) is 17.1 Å². The summed E-state index contributed by atoms with van der Waals surface area (Å²) < 4.78 is 22.6. The highest BCUT2D eigenvalue weighted by Gasteiger charge is 2.18. The van der Waals surface area contributed by atoms with Gasteiger partial charge in [0.05, 0.1) is 4.90 Å². The maximum absolute atomic E-state index is 11.3. The quantitative estimate of drug-likeness (QED) is 0.871. The van der Waals surface area contributed by atoms with Gasteiger partial charge in [-0.15, -0.1) is 0 Å². The van der Waals surface area contributed by atoms with Crippen molar-refractivity contribution in [1.29, 1.82) is 0 Å². The Morgan fingerprint density at radius 2 is 2.05 bits per heavy atom. The molecule has 0 spiro atoms. The van der Waals surface area contributed by atoms with Gasteiger partial charge in [0.25, 0.3) is 0 Å². The van der Waals surface area contributed by atoms with Crippen LogP contribution in [-0.2, 0) is 10.0 Å². The van der Waals surface area contributed by atoms with Crippen LogP contribution in [-0.4, -0.2) is 39.0 Å². The number of nitrogens with zero attached hydrogens (tertiary/aromatic N) is 1. The molecule has 0 unspecified atom stereocenters. The third kappa shape index (κ3) is 3.92. The van der Waals surface area contributed by atoms with E-state index in [0.717, 1.165) is 38.2 Å². The van der Waals surface area contributed by atoms with Gasteiger partial charge in [-0.05, 0) is 37.6 Å². The number of nitrogens with one attached hydrogen (secondary N) is 1. The van der Waals surface area contributed by atoms with Crippen LogP contribution in [0.5, 0.6) is 0 Å². The molecular weight excluding hydrogens is 262 g/mol. The fourth-order valence-electron chi connectivity index (χ4n) is 2.39. The smallest absolute Gasteiger partial charge is 0.238 e. The first-order valence-electron chi connectivity index (χ1n) is 6.61. The van der Waals surface area contributed by atoms with Crippen LogP contribution in [0, 0.1) is 0 Å². The first-order valence-corrected chi connectivity index (χ1v) is 8.15. The van der Waals surface area contributed by atoms with Crippen LogP contribution in [0.3, 0.4) is 0 Å². The summed E-state index contributed by atoms with van der Waals surface area (Å²) in [6.45, 7) is 5.43. The molecule has 0 bridgehead atoms. The summed E-state index contributed by atoms with van der Waals surface area (Å²) in [5.41, 5.74) is 0.821. The van der Waals surface area contributed by atoms with Crippen molar-refractivity contribution in [1.82, 2.24) is 4.90 Å².